The van der Waals surface area contributed by atoms with Crippen LogP contribution in [0.1, 0.15) is 86.3 Å². The summed E-state index contributed by atoms with van der Waals surface area (Å²) < 4.78 is 23.3. The summed E-state index contributed by atoms with van der Waals surface area (Å²) in [5.41, 5.74) is 8.82. The molecule has 72 heavy (non-hydrogen) atoms. The standard InChI is InChI=1S/C60H48N2O10/c1-37(2)57(65)61-45-25-29-47(30-26-45)69-59(67)43-19-13-39(14-20-43)17-35-53(63)71-51-33-23-41-9-5-7-11-49(41)55(51)56-50-12-8-6-10-42(50)24-34-52(56)72-54(64)36-18-40-15-21-44(22-16-40)60(68)70-48-31-27-46(28-32-48)62-58(66)38(3)4/h5-7,9-11,13-22,24-32,34-36H,1,3,8,12,23,33H2,2,4H3,(H,61,65)(H,62,66)/b35-17+,36-18+. The number of hydrogen-bond acceptors (Lipinski definition) is 10. The molecule has 6 aromatic carbocycles. The average Bonchev–Trinajstić information content (AvgIpc) is 3.38. The molecule has 12 heteroatoms. The highest BCUT2D eigenvalue weighted by Crippen LogP contribution is 2.44. The third-order valence-corrected chi connectivity index (χ3v) is 11.6. The third-order valence-electron chi connectivity index (χ3n) is 11.6. The van der Waals surface area contributed by atoms with Crippen LogP contribution in [0.3, 0.4) is 0 Å². The zero-order chi connectivity index (χ0) is 50.7. The first-order valence-electron chi connectivity index (χ1n) is 23.0. The van der Waals surface area contributed by atoms with E-state index in [4.69, 9.17) is 18.9 Å². The molecule has 8 rings (SSSR count). The molecule has 0 aliphatic heterocycles. The molecule has 2 N–H and O–H groups in total. The maximum atomic E-state index is 13.6. The van der Waals surface area contributed by atoms with E-state index in [1.165, 1.54) is 12.2 Å². The van der Waals surface area contributed by atoms with Crippen LogP contribution in [0.5, 0.6) is 17.2 Å². The van der Waals surface area contributed by atoms with Crippen molar-refractivity contribution in [2.24, 2.45) is 0 Å². The van der Waals surface area contributed by atoms with Gasteiger partial charge in [0.05, 0.1) is 11.1 Å². The van der Waals surface area contributed by atoms with Crippen LogP contribution in [0.25, 0.3) is 23.8 Å². The Kier molecular flexibility index (Phi) is 15.2. The van der Waals surface area contributed by atoms with Crippen molar-refractivity contribution < 1.29 is 47.7 Å². The number of aryl methyl sites for hydroxylation is 1. The molecule has 0 spiro atoms. The van der Waals surface area contributed by atoms with Crippen LogP contribution >= 0.6 is 0 Å². The molecule has 0 atom stereocenters. The van der Waals surface area contributed by atoms with Gasteiger partial charge in [0.2, 0.25) is 0 Å². The number of allylic oxidation sites excluding steroid dienone is 2. The fourth-order valence-corrected chi connectivity index (χ4v) is 7.85. The minimum atomic E-state index is -0.640. The molecule has 0 bridgehead atoms. The summed E-state index contributed by atoms with van der Waals surface area (Å²) >= 11 is 0. The summed E-state index contributed by atoms with van der Waals surface area (Å²) in [4.78, 5) is 76.9. The van der Waals surface area contributed by atoms with E-state index in [1.54, 1.807) is 129 Å². The fourth-order valence-electron chi connectivity index (χ4n) is 7.85. The van der Waals surface area contributed by atoms with Crippen molar-refractivity contribution in [1.82, 2.24) is 0 Å². The van der Waals surface area contributed by atoms with Gasteiger partial charge >= 0.3 is 23.9 Å². The molecule has 0 fully saturated rings. The number of fused-ring (bicyclic) bond motifs is 2. The van der Waals surface area contributed by atoms with Gasteiger partial charge in [0.1, 0.15) is 23.0 Å². The number of hydrogen-bond donors (Lipinski definition) is 2. The van der Waals surface area contributed by atoms with Crippen LogP contribution in [0.2, 0.25) is 0 Å². The van der Waals surface area contributed by atoms with Crippen molar-refractivity contribution >= 4 is 70.9 Å². The molecule has 0 heterocycles. The van der Waals surface area contributed by atoms with Gasteiger partial charge in [0, 0.05) is 52.2 Å². The smallest absolute Gasteiger partial charge is 0.343 e. The molecular formula is C60H48N2O10. The predicted molar refractivity (Wildman–Crippen MR) is 277 cm³/mol. The summed E-state index contributed by atoms with van der Waals surface area (Å²) in [6.07, 6.45) is 12.4. The minimum absolute atomic E-state index is 0.290. The van der Waals surface area contributed by atoms with Crippen molar-refractivity contribution in [3.63, 3.8) is 0 Å². The number of ether oxygens (including phenoxy) is 4. The highest BCUT2D eigenvalue weighted by molar-refractivity contribution is 6.03. The zero-order valence-corrected chi connectivity index (χ0v) is 39.5. The molecule has 0 unspecified atom stereocenters. The van der Waals surface area contributed by atoms with E-state index < -0.39 is 23.9 Å². The van der Waals surface area contributed by atoms with Crippen molar-refractivity contribution in [3.05, 3.63) is 232 Å². The number of carbonyl (C=O) groups excluding carboxylic acids is 6. The monoisotopic (exact) mass is 956 g/mol. The van der Waals surface area contributed by atoms with Crippen LogP contribution in [0, 0.1) is 0 Å². The van der Waals surface area contributed by atoms with E-state index in [1.807, 2.05) is 36.4 Å². The van der Waals surface area contributed by atoms with E-state index in [0.29, 0.717) is 92.6 Å². The second-order valence-electron chi connectivity index (χ2n) is 17.0. The predicted octanol–water partition coefficient (Wildman–Crippen LogP) is 11.7. The first-order valence-corrected chi connectivity index (χ1v) is 23.0. The van der Waals surface area contributed by atoms with E-state index in [2.05, 4.69) is 29.9 Å². The van der Waals surface area contributed by atoms with E-state index in [9.17, 15) is 28.8 Å². The SMILES string of the molecule is C=C(C)C(=O)Nc1ccc(OC(=O)c2ccc(/C=C/C(=O)OC3=C(c4c(OC(=O)/C=C/c5ccc(C(=O)Oc6ccc(NC(=O)C(=C)C)cc6)cc5)ccc5c4CCC=C5)c4ccccc4CC3)cc2)cc1. The maximum Gasteiger partial charge on any atom is 0.343 e. The Balaban J connectivity index is 0.960. The molecule has 0 radical (unpaired) electrons. The quantitative estimate of drug-likeness (QED) is 0.0575. The highest BCUT2D eigenvalue weighted by Gasteiger charge is 2.29. The molecule has 2 aliphatic carbocycles. The van der Waals surface area contributed by atoms with Crippen LogP contribution in [-0.4, -0.2) is 35.7 Å². The fraction of sp³-hybridized carbons (Fsp3) is 0.100. The van der Waals surface area contributed by atoms with Gasteiger partial charge in [-0.05, 0) is 158 Å². The lowest BCUT2D eigenvalue weighted by molar-refractivity contribution is -0.134. The Morgan fingerprint density at radius 2 is 1.06 bits per heavy atom. The topological polar surface area (TPSA) is 163 Å². The van der Waals surface area contributed by atoms with Crippen molar-refractivity contribution in [3.8, 4) is 17.2 Å². The van der Waals surface area contributed by atoms with Gasteiger partial charge in [0.15, 0.2) is 0 Å². The molecule has 12 nitrogen and oxygen atoms in total. The molecule has 0 saturated heterocycles. The molecule has 0 saturated carbocycles. The van der Waals surface area contributed by atoms with Gasteiger partial charge in [-0.25, -0.2) is 19.2 Å². The zero-order valence-electron chi connectivity index (χ0n) is 39.5. The van der Waals surface area contributed by atoms with Crippen LogP contribution in [0.4, 0.5) is 11.4 Å². The van der Waals surface area contributed by atoms with Gasteiger partial charge < -0.3 is 29.6 Å². The second-order valence-corrected chi connectivity index (χ2v) is 17.0. The number of nitrogens with one attached hydrogen (secondary N) is 2. The van der Waals surface area contributed by atoms with Crippen LogP contribution < -0.4 is 24.8 Å². The van der Waals surface area contributed by atoms with Gasteiger partial charge in [-0.15, -0.1) is 0 Å². The maximum absolute atomic E-state index is 13.6. The lowest BCUT2D eigenvalue weighted by Crippen LogP contribution is -2.15. The molecule has 0 aromatic heterocycles. The Hall–Kier alpha value is -9.42. The Labute approximate surface area is 416 Å². The van der Waals surface area contributed by atoms with Gasteiger partial charge in [0.25, 0.3) is 11.8 Å². The number of esters is 4. The average molecular weight is 957 g/mol. The number of anilines is 2. The molecule has 2 amide bonds. The van der Waals surface area contributed by atoms with Crippen LogP contribution in [-0.2, 0) is 36.8 Å². The number of benzene rings is 6. The van der Waals surface area contributed by atoms with Gasteiger partial charge in [-0.2, -0.15) is 0 Å². The normalized spacial score (nSPS) is 12.6. The van der Waals surface area contributed by atoms with E-state index in [-0.39, 0.29) is 17.4 Å². The lowest BCUT2D eigenvalue weighted by Gasteiger charge is -2.27. The number of rotatable bonds is 15. The molecule has 358 valence electrons. The van der Waals surface area contributed by atoms with Crippen molar-refractivity contribution in [2.45, 2.75) is 39.5 Å². The molecular weight excluding hydrogens is 909 g/mol. The van der Waals surface area contributed by atoms with Crippen molar-refractivity contribution in [1.29, 1.82) is 0 Å². The highest BCUT2D eigenvalue weighted by atomic mass is 16.5. The summed E-state index contributed by atoms with van der Waals surface area (Å²) in [6, 6.07) is 37.4. The summed E-state index contributed by atoms with van der Waals surface area (Å²) in [6.45, 7) is 10.5. The number of amides is 2. The van der Waals surface area contributed by atoms with Gasteiger partial charge in [-0.1, -0.05) is 79.9 Å². The summed E-state index contributed by atoms with van der Waals surface area (Å²) in [5, 5.41) is 5.40. The Bertz CT molecular complexity index is 3270. The van der Waals surface area contributed by atoms with E-state index in [0.717, 1.165) is 28.7 Å². The summed E-state index contributed by atoms with van der Waals surface area (Å²) in [7, 11) is 0. The van der Waals surface area contributed by atoms with Gasteiger partial charge in [-0.3, -0.25) is 9.59 Å². The second kappa shape index (κ2) is 22.3. The Morgan fingerprint density at radius 3 is 1.58 bits per heavy atom. The number of carbonyl (C=O) groups is 6. The third kappa shape index (κ3) is 12.2. The van der Waals surface area contributed by atoms with Crippen molar-refractivity contribution in [2.75, 3.05) is 10.6 Å². The Morgan fingerprint density at radius 1 is 0.542 bits per heavy atom. The largest absolute Gasteiger partial charge is 0.427 e. The minimum Gasteiger partial charge on any atom is -0.427 e. The summed E-state index contributed by atoms with van der Waals surface area (Å²) in [5.74, 6) is -1.71. The molecule has 6 aromatic rings. The molecule has 2 aliphatic rings. The lowest BCUT2D eigenvalue weighted by atomic mass is 9.80. The first-order chi connectivity index (χ1) is 34.8. The first kappa shape index (κ1) is 49.0. The van der Waals surface area contributed by atoms with E-state index >= 15 is 0 Å². The van der Waals surface area contributed by atoms with Crippen LogP contribution in [0.15, 0.2) is 182 Å².